The molecule has 0 saturated carbocycles. The molecule has 3 aromatic heterocycles. The summed E-state index contributed by atoms with van der Waals surface area (Å²) in [4.78, 5) is 14.2. The second-order valence-corrected chi connectivity index (χ2v) is 7.99. The topological polar surface area (TPSA) is 45.9 Å². The molecule has 7 heteroatoms. The summed E-state index contributed by atoms with van der Waals surface area (Å²) in [5.41, 5.74) is 4.48. The predicted octanol–water partition coefficient (Wildman–Crippen LogP) is 3.79. The van der Waals surface area contributed by atoms with Gasteiger partial charge in [-0.2, -0.15) is 11.3 Å². The molecule has 6 nitrogen and oxygen atoms in total. The van der Waals surface area contributed by atoms with Gasteiger partial charge in [0.05, 0.1) is 19.0 Å². The Morgan fingerprint density at radius 1 is 1.03 bits per heavy atom. The standard InChI is InChI=1S/C22H23N5OS/c1-28-19-4-2-18(3-5-19)20-14-24-22-21(23-7-8-27(20)22)26-11-9-25(10-12-26)15-17-6-13-29-16-17/h2-8,13-14,16H,9-12,15H2,1H3. The third-order valence-corrected chi connectivity index (χ3v) is 6.19. The van der Waals surface area contributed by atoms with Crippen molar-refractivity contribution in [2.75, 3.05) is 38.2 Å². The van der Waals surface area contributed by atoms with Crippen LogP contribution in [0.3, 0.4) is 0 Å². The molecule has 1 aliphatic heterocycles. The van der Waals surface area contributed by atoms with Crippen molar-refractivity contribution in [1.29, 1.82) is 0 Å². The minimum atomic E-state index is 0.852. The smallest absolute Gasteiger partial charge is 0.180 e. The highest BCUT2D eigenvalue weighted by atomic mass is 32.1. The molecule has 1 fully saturated rings. The Morgan fingerprint density at radius 3 is 2.59 bits per heavy atom. The fourth-order valence-electron chi connectivity index (χ4n) is 3.86. The quantitative estimate of drug-likeness (QED) is 0.506. The molecular formula is C22H23N5OS. The number of hydrogen-bond donors (Lipinski definition) is 0. The van der Waals surface area contributed by atoms with Gasteiger partial charge in [0.1, 0.15) is 5.75 Å². The molecule has 29 heavy (non-hydrogen) atoms. The van der Waals surface area contributed by atoms with Crippen molar-refractivity contribution in [2.45, 2.75) is 6.54 Å². The maximum absolute atomic E-state index is 5.27. The molecule has 0 atom stereocenters. The van der Waals surface area contributed by atoms with Gasteiger partial charge >= 0.3 is 0 Å². The van der Waals surface area contributed by atoms with E-state index in [1.807, 2.05) is 30.7 Å². The van der Waals surface area contributed by atoms with Crippen LogP contribution in [0.1, 0.15) is 5.56 Å². The van der Waals surface area contributed by atoms with Crippen molar-refractivity contribution in [2.24, 2.45) is 0 Å². The van der Waals surface area contributed by atoms with Gasteiger partial charge in [0.2, 0.25) is 0 Å². The summed E-state index contributed by atoms with van der Waals surface area (Å²) in [6, 6.07) is 10.3. The van der Waals surface area contributed by atoms with Gasteiger partial charge in [0, 0.05) is 50.7 Å². The van der Waals surface area contributed by atoms with Gasteiger partial charge in [-0.15, -0.1) is 0 Å². The largest absolute Gasteiger partial charge is 0.497 e. The van der Waals surface area contributed by atoms with E-state index in [1.54, 1.807) is 18.4 Å². The van der Waals surface area contributed by atoms with Crippen LogP contribution in [0, 0.1) is 0 Å². The Kier molecular flexibility index (Phi) is 4.91. The zero-order valence-corrected chi connectivity index (χ0v) is 17.2. The van der Waals surface area contributed by atoms with Gasteiger partial charge in [-0.05, 0) is 46.7 Å². The number of methoxy groups -OCH3 is 1. The Morgan fingerprint density at radius 2 is 1.86 bits per heavy atom. The fourth-order valence-corrected chi connectivity index (χ4v) is 4.52. The number of imidazole rings is 1. The molecule has 1 saturated heterocycles. The molecule has 5 rings (SSSR count). The number of benzene rings is 1. The van der Waals surface area contributed by atoms with E-state index in [9.17, 15) is 0 Å². The number of fused-ring (bicyclic) bond motifs is 1. The third-order valence-electron chi connectivity index (χ3n) is 5.45. The number of rotatable bonds is 5. The van der Waals surface area contributed by atoms with Crippen LogP contribution in [0.2, 0.25) is 0 Å². The van der Waals surface area contributed by atoms with E-state index in [0.29, 0.717) is 0 Å². The first kappa shape index (κ1) is 18.1. The minimum absolute atomic E-state index is 0.852. The Balaban J connectivity index is 1.36. The summed E-state index contributed by atoms with van der Waals surface area (Å²) in [6.45, 7) is 5.01. The van der Waals surface area contributed by atoms with Crippen LogP contribution in [-0.2, 0) is 6.54 Å². The van der Waals surface area contributed by atoms with Crippen LogP contribution >= 0.6 is 11.3 Å². The minimum Gasteiger partial charge on any atom is -0.497 e. The highest BCUT2D eigenvalue weighted by Crippen LogP contribution is 2.27. The second-order valence-electron chi connectivity index (χ2n) is 7.21. The van der Waals surface area contributed by atoms with Gasteiger partial charge in [-0.25, -0.2) is 9.97 Å². The van der Waals surface area contributed by atoms with Crippen molar-refractivity contribution < 1.29 is 4.74 Å². The molecule has 0 aliphatic carbocycles. The fraction of sp³-hybridized carbons (Fsp3) is 0.273. The highest BCUT2D eigenvalue weighted by Gasteiger charge is 2.21. The van der Waals surface area contributed by atoms with E-state index in [-0.39, 0.29) is 0 Å². The molecule has 1 aliphatic rings. The van der Waals surface area contributed by atoms with E-state index >= 15 is 0 Å². The van der Waals surface area contributed by atoms with E-state index < -0.39 is 0 Å². The Labute approximate surface area is 174 Å². The molecular weight excluding hydrogens is 382 g/mol. The van der Waals surface area contributed by atoms with Gasteiger partial charge in [-0.1, -0.05) is 0 Å². The molecule has 0 spiro atoms. The molecule has 1 aromatic carbocycles. The van der Waals surface area contributed by atoms with Crippen LogP contribution < -0.4 is 9.64 Å². The van der Waals surface area contributed by atoms with Crippen LogP contribution in [0.4, 0.5) is 5.82 Å². The lowest BCUT2D eigenvalue weighted by molar-refractivity contribution is 0.249. The van der Waals surface area contributed by atoms with Crippen molar-refractivity contribution in [3.8, 4) is 17.0 Å². The van der Waals surface area contributed by atoms with Crippen molar-refractivity contribution >= 4 is 22.8 Å². The van der Waals surface area contributed by atoms with Gasteiger partial charge < -0.3 is 9.64 Å². The zero-order valence-electron chi connectivity index (χ0n) is 16.4. The molecule has 148 valence electrons. The number of nitrogens with zero attached hydrogens (tertiary/aromatic N) is 5. The van der Waals surface area contributed by atoms with E-state index in [0.717, 1.165) is 61.2 Å². The average Bonchev–Trinajstić information content (AvgIpc) is 3.44. The summed E-state index contributed by atoms with van der Waals surface area (Å²) in [6.07, 6.45) is 5.78. The normalized spacial score (nSPS) is 15.1. The summed E-state index contributed by atoms with van der Waals surface area (Å²) < 4.78 is 7.40. The third kappa shape index (κ3) is 3.59. The molecule has 0 N–H and O–H groups in total. The lowest BCUT2D eigenvalue weighted by atomic mass is 10.1. The monoisotopic (exact) mass is 405 g/mol. The van der Waals surface area contributed by atoms with Gasteiger partial charge in [-0.3, -0.25) is 9.30 Å². The summed E-state index contributed by atoms with van der Waals surface area (Å²) in [5.74, 6) is 1.81. The first-order valence-corrected chi connectivity index (χ1v) is 10.7. The number of hydrogen-bond acceptors (Lipinski definition) is 6. The first-order valence-electron chi connectivity index (χ1n) is 9.77. The van der Waals surface area contributed by atoms with Crippen LogP contribution in [0.25, 0.3) is 16.9 Å². The van der Waals surface area contributed by atoms with E-state index in [2.05, 4.69) is 48.1 Å². The number of piperazine rings is 1. The Bertz CT molecular complexity index is 1080. The van der Waals surface area contributed by atoms with Crippen LogP contribution in [-0.4, -0.2) is 52.6 Å². The number of anilines is 1. The maximum atomic E-state index is 5.27. The van der Waals surface area contributed by atoms with Crippen LogP contribution in [0.15, 0.2) is 59.7 Å². The highest BCUT2D eigenvalue weighted by molar-refractivity contribution is 7.07. The lowest BCUT2D eigenvalue weighted by Gasteiger charge is -2.35. The van der Waals surface area contributed by atoms with Crippen molar-refractivity contribution in [1.82, 2.24) is 19.3 Å². The van der Waals surface area contributed by atoms with Crippen molar-refractivity contribution in [3.05, 3.63) is 65.2 Å². The average molecular weight is 406 g/mol. The van der Waals surface area contributed by atoms with Gasteiger partial charge in [0.15, 0.2) is 11.5 Å². The SMILES string of the molecule is COc1ccc(-c2cnc3c(N4CCN(Cc5ccsc5)CC4)nccn23)cc1. The maximum Gasteiger partial charge on any atom is 0.180 e. The Hall–Kier alpha value is -2.90. The number of thiophene rings is 1. The number of aromatic nitrogens is 3. The number of ether oxygens (including phenoxy) is 1. The summed E-state index contributed by atoms with van der Waals surface area (Å²) >= 11 is 1.76. The molecule has 0 radical (unpaired) electrons. The van der Waals surface area contributed by atoms with Crippen molar-refractivity contribution in [3.63, 3.8) is 0 Å². The molecule has 0 bridgehead atoms. The second kappa shape index (κ2) is 7.85. The lowest BCUT2D eigenvalue weighted by Crippen LogP contribution is -2.46. The predicted molar refractivity (Wildman–Crippen MR) is 117 cm³/mol. The summed E-state index contributed by atoms with van der Waals surface area (Å²) in [7, 11) is 1.68. The zero-order chi connectivity index (χ0) is 19.6. The van der Waals surface area contributed by atoms with E-state index in [4.69, 9.17) is 9.72 Å². The van der Waals surface area contributed by atoms with Crippen LogP contribution in [0.5, 0.6) is 5.75 Å². The van der Waals surface area contributed by atoms with E-state index in [1.165, 1.54) is 5.56 Å². The first-order chi connectivity index (χ1) is 14.3. The molecule has 4 heterocycles. The summed E-state index contributed by atoms with van der Waals surface area (Å²) in [5, 5.41) is 4.38. The van der Waals surface area contributed by atoms with Gasteiger partial charge in [0.25, 0.3) is 0 Å². The molecule has 0 unspecified atom stereocenters. The molecule has 0 amide bonds. The molecule has 4 aromatic rings.